The summed E-state index contributed by atoms with van der Waals surface area (Å²) >= 11 is 0. The van der Waals surface area contributed by atoms with Crippen molar-refractivity contribution < 1.29 is 22.7 Å². The number of nitrogens with zero attached hydrogens (tertiary/aromatic N) is 2. The van der Waals surface area contributed by atoms with Gasteiger partial charge in [-0.2, -0.15) is 13.2 Å². The molecule has 1 amide bonds. The summed E-state index contributed by atoms with van der Waals surface area (Å²) in [6.45, 7) is 4.97. The third-order valence-electron chi connectivity index (χ3n) is 4.27. The number of hydrogen-bond donors (Lipinski definition) is 2. The van der Waals surface area contributed by atoms with Crippen molar-refractivity contribution in [2.24, 2.45) is 4.99 Å². The average Bonchev–Trinajstić information content (AvgIpc) is 3.13. The fourth-order valence-electron chi connectivity index (χ4n) is 2.87. The first kappa shape index (κ1) is 25.3. The predicted molar refractivity (Wildman–Crippen MR) is 117 cm³/mol. The van der Waals surface area contributed by atoms with Crippen molar-refractivity contribution >= 4 is 35.8 Å². The minimum Gasteiger partial charge on any atom is -0.484 e. The molecule has 1 aromatic rings. The number of carbonyl (C=O) groups excluding carboxylic acids is 1. The summed E-state index contributed by atoms with van der Waals surface area (Å²) in [5.74, 6) is 0.969. The Morgan fingerprint density at radius 3 is 2.55 bits per heavy atom. The number of nitrogens with one attached hydrogen (secondary N) is 2. The van der Waals surface area contributed by atoms with Gasteiger partial charge in [-0.25, -0.2) is 4.99 Å². The molecule has 2 N–H and O–H groups in total. The van der Waals surface area contributed by atoms with Crippen LogP contribution in [-0.2, 0) is 11.3 Å². The average molecular weight is 528 g/mol. The van der Waals surface area contributed by atoms with Crippen LogP contribution in [0, 0.1) is 0 Å². The lowest BCUT2D eigenvalue weighted by atomic mass is 10.2. The summed E-state index contributed by atoms with van der Waals surface area (Å²) in [6, 6.07) is 6.53. The van der Waals surface area contributed by atoms with E-state index in [4.69, 9.17) is 4.74 Å². The van der Waals surface area contributed by atoms with Crippen LogP contribution in [0.3, 0.4) is 0 Å². The number of carbonyl (C=O) groups is 1. The van der Waals surface area contributed by atoms with Crippen molar-refractivity contribution in [3.05, 3.63) is 29.8 Å². The van der Waals surface area contributed by atoms with E-state index >= 15 is 0 Å². The molecule has 0 saturated carbocycles. The van der Waals surface area contributed by atoms with Crippen LogP contribution in [0.15, 0.2) is 29.3 Å². The van der Waals surface area contributed by atoms with Gasteiger partial charge in [-0.15, -0.1) is 24.0 Å². The van der Waals surface area contributed by atoms with Crippen molar-refractivity contribution in [3.63, 3.8) is 0 Å². The molecule has 2 rings (SSSR count). The lowest BCUT2D eigenvalue weighted by Gasteiger charge is -2.18. The van der Waals surface area contributed by atoms with Crippen molar-refractivity contribution in [1.29, 1.82) is 0 Å². The van der Waals surface area contributed by atoms with Gasteiger partial charge in [0.2, 0.25) is 5.91 Å². The number of likely N-dealkylation sites (tertiary alicyclic amines) is 1. The van der Waals surface area contributed by atoms with Crippen LogP contribution in [0.1, 0.15) is 32.3 Å². The maximum absolute atomic E-state index is 12.2. The van der Waals surface area contributed by atoms with Crippen LogP contribution in [0.5, 0.6) is 5.75 Å². The van der Waals surface area contributed by atoms with E-state index in [1.165, 1.54) is 12.1 Å². The number of aliphatic imine (C=N–C) groups is 1. The van der Waals surface area contributed by atoms with Gasteiger partial charge in [0.1, 0.15) is 5.75 Å². The summed E-state index contributed by atoms with van der Waals surface area (Å²) in [4.78, 5) is 18.2. The minimum atomic E-state index is -4.35. The molecule has 10 heteroatoms. The molecule has 1 aliphatic rings. The van der Waals surface area contributed by atoms with Crippen LogP contribution in [0.2, 0.25) is 0 Å². The molecule has 0 radical (unpaired) electrons. The Balaban J connectivity index is 0.00000420. The largest absolute Gasteiger partial charge is 0.484 e. The summed E-state index contributed by atoms with van der Waals surface area (Å²) in [7, 11) is 0. The highest BCUT2D eigenvalue weighted by atomic mass is 127. The van der Waals surface area contributed by atoms with Gasteiger partial charge in [-0.05, 0) is 31.0 Å². The summed E-state index contributed by atoms with van der Waals surface area (Å²) in [5.41, 5.74) is 0.853. The first-order valence-electron chi connectivity index (χ1n) is 9.41. The molecule has 0 aliphatic carbocycles. The van der Waals surface area contributed by atoms with E-state index in [2.05, 4.69) is 15.6 Å². The molecule has 1 heterocycles. The Hall–Kier alpha value is -1.72. The maximum atomic E-state index is 12.2. The Labute approximate surface area is 186 Å². The van der Waals surface area contributed by atoms with Crippen LogP contribution in [0.4, 0.5) is 13.2 Å². The van der Waals surface area contributed by atoms with Crippen LogP contribution in [0.25, 0.3) is 0 Å². The fourth-order valence-corrected chi connectivity index (χ4v) is 2.87. The van der Waals surface area contributed by atoms with Crippen molar-refractivity contribution in [2.45, 2.75) is 45.5 Å². The molecule has 1 aliphatic heterocycles. The second-order valence-electron chi connectivity index (χ2n) is 6.57. The lowest BCUT2D eigenvalue weighted by molar-refractivity contribution is -0.153. The minimum absolute atomic E-state index is 0. The van der Waals surface area contributed by atoms with E-state index in [-0.39, 0.29) is 41.7 Å². The SMILES string of the molecule is CCNC(=NCc1ccc(OCC(F)(F)F)cc1)NC1CCN(C(=O)CC)C1.I. The standard InChI is InChI=1S/C19H27F3N4O2.HI/c1-3-17(27)26-10-9-15(12-26)25-18(23-4-2)24-11-14-5-7-16(8-6-14)28-13-19(20,21)22;/h5-8,15H,3-4,9-13H2,1-2H3,(H2,23,24,25);1H. The first-order chi connectivity index (χ1) is 13.3. The number of ether oxygens (including phenoxy) is 1. The van der Waals surface area contributed by atoms with Gasteiger partial charge >= 0.3 is 6.18 Å². The van der Waals surface area contributed by atoms with Crippen molar-refractivity contribution in [1.82, 2.24) is 15.5 Å². The normalized spacial score (nSPS) is 16.9. The van der Waals surface area contributed by atoms with Gasteiger partial charge in [-0.3, -0.25) is 4.79 Å². The Morgan fingerprint density at radius 2 is 1.97 bits per heavy atom. The van der Waals surface area contributed by atoms with Crippen molar-refractivity contribution in [3.8, 4) is 5.75 Å². The van der Waals surface area contributed by atoms with E-state index < -0.39 is 12.8 Å². The van der Waals surface area contributed by atoms with Gasteiger partial charge in [0.15, 0.2) is 12.6 Å². The monoisotopic (exact) mass is 528 g/mol. The van der Waals surface area contributed by atoms with Crippen LogP contribution >= 0.6 is 24.0 Å². The molecule has 0 aromatic heterocycles. The zero-order valence-electron chi connectivity index (χ0n) is 16.6. The zero-order valence-corrected chi connectivity index (χ0v) is 18.9. The Kier molecular flexibility index (Phi) is 10.5. The number of hydrogen-bond acceptors (Lipinski definition) is 3. The summed E-state index contributed by atoms with van der Waals surface area (Å²) < 4.78 is 41.2. The molecular weight excluding hydrogens is 500 g/mol. The van der Waals surface area contributed by atoms with Gasteiger partial charge in [0.25, 0.3) is 0 Å². The lowest BCUT2D eigenvalue weighted by Crippen LogP contribution is -2.45. The summed E-state index contributed by atoms with van der Waals surface area (Å²) in [5, 5.41) is 6.51. The molecule has 0 spiro atoms. The molecule has 1 fully saturated rings. The molecule has 0 bridgehead atoms. The van der Waals surface area contributed by atoms with E-state index in [0.717, 1.165) is 18.5 Å². The number of rotatable bonds is 7. The van der Waals surface area contributed by atoms with Gasteiger partial charge < -0.3 is 20.3 Å². The number of guanidine groups is 1. The topological polar surface area (TPSA) is 66.0 Å². The summed E-state index contributed by atoms with van der Waals surface area (Å²) in [6.07, 6.45) is -2.99. The van der Waals surface area contributed by atoms with Gasteiger partial charge in [0.05, 0.1) is 6.54 Å². The third-order valence-corrected chi connectivity index (χ3v) is 4.27. The first-order valence-corrected chi connectivity index (χ1v) is 9.41. The zero-order chi connectivity index (χ0) is 20.6. The smallest absolute Gasteiger partial charge is 0.422 e. The van der Waals surface area contributed by atoms with Crippen LogP contribution in [-0.4, -0.2) is 55.2 Å². The van der Waals surface area contributed by atoms with E-state index in [1.807, 2.05) is 18.7 Å². The number of benzene rings is 1. The molecule has 6 nitrogen and oxygen atoms in total. The third kappa shape index (κ3) is 9.09. The Morgan fingerprint density at radius 1 is 1.28 bits per heavy atom. The molecule has 29 heavy (non-hydrogen) atoms. The maximum Gasteiger partial charge on any atom is 0.422 e. The van der Waals surface area contributed by atoms with Gasteiger partial charge in [0, 0.05) is 32.1 Å². The fraction of sp³-hybridized carbons (Fsp3) is 0.579. The molecule has 1 atom stereocenters. The predicted octanol–water partition coefficient (Wildman–Crippen LogP) is 3.31. The van der Waals surface area contributed by atoms with E-state index in [0.29, 0.717) is 32.0 Å². The molecule has 164 valence electrons. The second-order valence-corrected chi connectivity index (χ2v) is 6.57. The number of alkyl halides is 3. The van der Waals surface area contributed by atoms with Crippen molar-refractivity contribution in [2.75, 3.05) is 26.2 Å². The Bertz CT molecular complexity index is 668. The highest BCUT2D eigenvalue weighted by molar-refractivity contribution is 14.0. The quantitative estimate of drug-likeness (QED) is 0.324. The van der Waals surface area contributed by atoms with E-state index in [1.54, 1.807) is 12.1 Å². The molecule has 1 unspecified atom stereocenters. The highest BCUT2D eigenvalue weighted by Gasteiger charge is 2.28. The van der Waals surface area contributed by atoms with Crippen LogP contribution < -0.4 is 15.4 Å². The number of halogens is 4. The molecule has 1 saturated heterocycles. The molecular formula is C19H28F3IN4O2. The molecule has 1 aromatic carbocycles. The highest BCUT2D eigenvalue weighted by Crippen LogP contribution is 2.19. The number of amides is 1. The second kappa shape index (κ2) is 12.1. The van der Waals surface area contributed by atoms with Gasteiger partial charge in [-0.1, -0.05) is 19.1 Å². The van der Waals surface area contributed by atoms with E-state index in [9.17, 15) is 18.0 Å².